The summed E-state index contributed by atoms with van der Waals surface area (Å²) in [4.78, 5) is 37.1. The Balaban J connectivity index is 1.52. The molecule has 0 spiro atoms. The van der Waals surface area contributed by atoms with Gasteiger partial charge in [-0.25, -0.2) is 22.7 Å². The molecule has 11 heteroatoms. The van der Waals surface area contributed by atoms with E-state index in [0.29, 0.717) is 22.5 Å². The lowest BCUT2D eigenvalue weighted by Gasteiger charge is -2.09. The third-order valence-electron chi connectivity index (χ3n) is 5.92. The third-order valence-corrected chi connectivity index (χ3v) is 7.26. The van der Waals surface area contributed by atoms with Gasteiger partial charge < -0.3 is 9.47 Å². The molecule has 0 unspecified atom stereocenters. The van der Waals surface area contributed by atoms with Crippen LogP contribution in [0.3, 0.4) is 0 Å². The van der Waals surface area contributed by atoms with E-state index in [1.807, 2.05) is 6.07 Å². The molecule has 1 aromatic heterocycles. The fourth-order valence-electron chi connectivity index (χ4n) is 3.76. The highest BCUT2D eigenvalue weighted by atomic mass is 32.2. The first-order valence-electron chi connectivity index (χ1n) is 11.4. The number of rotatable bonds is 8. The lowest BCUT2D eigenvalue weighted by Crippen LogP contribution is -2.23. The van der Waals surface area contributed by atoms with Gasteiger partial charge in [0.1, 0.15) is 12.3 Å². The van der Waals surface area contributed by atoms with Crippen LogP contribution in [0.25, 0.3) is 5.69 Å². The number of esters is 2. The monoisotopic (exact) mass is 535 g/mol. The van der Waals surface area contributed by atoms with Gasteiger partial charge in [0, 0.05) is 7.05 Å². The highest BCUT2D eigenvalue weighted by Crippen LogP contribution is 2.20. The van der Waals surface area contributed by atoms with Crippen LogP contribution in [0.15, 0.2) is 88.6 Å². The fraction of sp³-hybridized carbons (Fsp3) is 0.148. The van der Waals surface area contributed by atoms with E-state index >= 15 is 0 Å². The number of carbonyl (C=O) groups excluding carboxylic acids is 2. The Bertz CT molecular complexity index is 1660. The van der Waals surface area contributed by atoms with E-state index in [1.54, 1.807) is 67.2 Å². The predicted octanol–water partition coefficient (Wildman–Crippen LogP) is 3.43. The Morgan fingerprint density at radius 3 is 2.24 bits per heavy atom. The first kappa shape index (κ1) is 26.4. The van der Waals surface area contributed by atoms with E-state index in [9.17, 15) is 22.8 Å². The second-order valence-corrected chi connectivity index (χ2v) is 10.0. The molecule has 196 valence electrons. The minimum atomic E-state index is -4.21. The van der Waals surface area contributed by atoms with Crippen molar-refractivity contribution in [1.82, 2.24) is 9.36 Å². The number of para-hydroxylation sites is 1. The van der Waals surface area contributed by atoms with E-state index in [2.05, 4.69) is 9.46 Å². The van der Waals surface area contributed by atoms with Crippen LogP contribution in [0.2, 0.25) is 0 Å². The second kappa shape index (κ2) is 10.8. The Labute approximate surface area is 219 Å². The molecule has 0 aliphatic heterocycles. The number of hydrogen-bond acceptors (Lipinski definition) is 7. The summed E-state index contributed by atoms with van der Waals surface area (Å²) in [5, 5.41) is 0. The molecule has 10 nitrogen and oxygen atoms in total. The normalized spacial score (nSPS) is 11.1. The van der Waals surface area contributed by atoms with Gasteiger partial charge in [0.2, 0.25) is 0 Å². The zero-order valence-corrected chi connectivity index (χ0v) is 21.7. The molecule has 0 bridgehead atoms. The number of nitrogens with one attached hydrogen (secondary N) is 1. The minimum Gasteiger partial charge on any atom is -0.465 e. The van der Waals surface area contributed by atoms with Crippen molar-refractivity contribution in [3.8, 4) is 5.69 Å². The maximum atomic E-state index is 13.2. The van der Waals surface area contributed by atoms with Gasteiger partial charge in [-0.05, 0) is 55.0 Å². The van der Waals surface area contributed by atoms with Gasteiger partial charge in [0.15, 0.2) is 0 Å². The van der Waals surface area contributed by atoms with E-state index in [1.165, 1.54) is 36.1 Å². The second-order valence-electron chi connectivity index (χ2n) is 8.33. The summed E-state index contributed by atoms with van der Waals surface area (Å²) in [5.41, 5.74) is 1.37. The van der Waals surface area contributed by atoms with Crippen LogP contribution in [0.1, 0.15) is 32.0 Å². The van der Waals surface area contributed by atoms with Gasteiger partial charge in [-0.3, -0.25) is 14.2 Å². The van der Waals surface area contributed by atoms with Gasteiger partial charge in [-0.1, -0.05) is 36.4 Å². The van der Waals surface area contributed by atoms with Crippen molar-refractivity contribution < 1.29 is 27.5 Å². The number of anilines is 1. The van der Waals surface area contributed by atoms with Crippen LogP contribution >= 0.6 is 0 Å². The van der Waals surface area contributed by atoms with Gasteiger partial charge in [0.05, 0.1) is 34.5 Å². The van der Waals surface area contributed by atoms with Crippen LogP contribution < -0.4 is 10.3 Å². The van der Waals surface area contributed by atoms with Crippen LogP contribution in [-0.2, 0) is 33.2 Å². The van der Waals surface area contributed by atoms with Crippen molar-refractivity contribution in [3.63, 3.8) is 0 Å². The molecule has 0 saturated carbocycles. The lowest BCUT2D eigenvalue weighted by molar-refractivity contribution is 0.0471. The molecule has 4 rings (SSSR count). The van der Waals surface area contributed by atoms with Crippen molar-refractivity contribution in [3.05, 3.63) is 112 Å². The molecule has 0 aliphatic rings. The topological polar surface area (TPSA) is 126 Å². The largest absolute Gasteiger partial charge is 0.465 e. The zero-order chi connectivity index (χ0) is 27.4. The molecule has 0 aliphatic carbocycles. The van der Waals surface area contributed by atoms with Crippen LogP contribution in [-0.4, -0.2) is 36.8 Å². The maximum Gasteiger partial charge on any atom is 0.338 e. The number of nitrogens with zero attached hydrogens (tertiary/aromatic N) is 2. The van der Waals surface area contributed by atoms with Crippen molar-refractivity contribution in [1.29, 1.82) is 0 Å². The van der Waals surface area contributed by atoms with E-state index in [-0.39, 0.29) is 22.8 Å². The number of sulfonamides is 1. The average Bonchev–Trinajstić information content (AvgIpc) is 3.14. The van der Waals surface area contributed by atoms with Crippen LogP contribution in [0.5, 0.6) is 0 Å². The van der Waals surface area contributed by atoms with Crippen molar-refractivity contribution in [2.45, 2.75) is 18.4 Å². The number of carbonyl (C=O) groups is 2. The third kappa shape index (κ3) is 5.37. The molecule has 0 atom stereocenters. The van der Waals surface area contributed by atoms with Crippen LogP contribution in [0, 0.1) is 6.92 Å². The summed E-state index contributed by atoms with van der Waals surface area (Å²) in [6.07, 6.45) is 0. The Morgan fingerprint density at radius 2 is 1.58 bits per heavy atom. The molecular weight excluding hydrogens is 510 g/mol. The van der Waals surface area contributed by atoms with E-state index in [0.717, 1.165) is 0 Å². The molecule has 3 aromatic carbocycles. The standard InChI is InChI=1S/C27H25N3O7S/c1-18-24(25(31)30(29(18)2)22-9-5-4-6-10-22)28-38(34,35)23-11-7-8-21(16-23)27(33)37-17-19-12-14-20(15-13-19)26(32)36-3/h4-16,28H,17H2,1-3H3. The summed E-state index contributed by atoms with van der Waals surface area (Å²) in [7, 11) is -1.28. The molecule has 0 radical (unpaired) electrons. The molecule has 4 aromatic rings. The molecule has 0 amide bonds. The van der Waals surface area contributed by atoms with Crippen molar-refractivity contribution >= 4 is 27.6 Å². The number of aromatic nitrogens is 2. The number of hydrogen-bond donors (Lipinski definition) is 1. The SMILES string of the molecule is COC(=O)c1ccc(COC(=O)c2cccc(S(=O)(=O)Nc3c(C)n(C)n(-c4ccccc4)c3=O)c2)cc1. The Kier molecular flexibility index (Phi) is 7.49. The Hall–Kier alpha value is -4.64. The van der Waals surface area contributed by atoms with Crippen molar-refractivity contribution in [2.24, 2.45) is 7.05 Å². The minimum absolute atomic E-state index is 0.0190. The lowest BCUT2D eigenvalue weighted by atomic mass is 10.1. The molecule has 0 saturated heterocycles. The summed E-state index contributed by atoms with van der Waals surface area (Å²) < 4.78 is 41.6. The summed E-state index contributed by atoms with van der Waals surface area (Å²) in [5.74, 6) is -1.22. The zero-order valence-electron chi connectivity index (χ0n) is 20.9. The van der Waals surface area contributed by atoms with Crippen molar-refractivity contribution in [2.75, 3.05) is 11.8 Å². The molecule has 38 heavy (non-hydrogen) atoms. The fourth-order valence-corrected chi connectivity index (χ4v) is 4.92. The number of benzene rings is 3. The number of ether oxygens (including phenoxy) is 2. The first-order chi connectivity index (χ1) is 18.1. The number of methoxy groups -OCH3 is 1. The first-order valence-corrected chi connectivity index (χ1v) is 12.9. The smallest absolute Gasteiger partial charge is 0.338 e. The average molecular weight is 536 g/mol. The Morgan fingerprint density at radius 1 is 0.895 bits per heavy atom. The van der Waals surface area contributed by atoms with Crippen LogP contribution in [0.4, 0.5) is 5.69 Å². The molecule has 1 N–H and O–H groups in total. The molecule has 1 heterocycles. The van der Waals surface area contributed by atoms with E-state index < -0.39 is 27.5 Å². The summed E-state index contributed by atoms with van der Waals surface area (Å²) >= 11 is 0. The quantitative estimate of drug-likeness (QED) is 0.343. The summed E-state index contributed by atoms with van der Waals surface area (Å²) in [6, 6.07) is 20.5. The van der Waals surface area contributed by atoms with Gasteiger partial charge in [-0.15, -0.1) is 0 Å². The highest BCUT2D eigenvalue weighted by molar-refractivity contribution is 7.92. The predicted molar refractivity (Wildman–Crippen MR) is 140 cm³/mol. The highest BCUT2D eigenvalue weighted by Gasteiger charge is 2.23. The van der Waals surface area contributed by atoms with Gasteiger partial charge in [0.25, 0.3) is 15.6 Å². The molecule has 0 fully saturated rings. The maximum absolute atomic E-state index is 13.2. The van der Waals surface area contributed by atoms with Gasteiger partial charge in [-0.2, -0.15) is 0 Å². The molecular formula is C27H25N3O7S. The summed E-state index contributed by atoms with van der Waals surface area (Å²) in [6.45, 7) is 1.54. The van der Waals surface area contributed by atoms with E-state index in [4.69, 9.17) is 4.74 Å². The van der Waals surface area contributed by atoms with Gasteiger partial charge >= 0.3 is 11.9 Å².